The van der Waals surface area contributed by atoms with Gasteiger partial charge in [0.05, 0.1) is 0 Å². The Morgan fingerprint density at radius 2 is 1.95 bits per heavy atom. The van der Waals surface area contributed by atoms with Gasteiger partial charge >= 0.3 is 5.97 Å². The van der Waals surface area contributed by atoms with E-state index in [1.54, 1.807) is 12.1 Å². The number of hydrogen-bond acceptors (Lipinski definition) is 5. The molecule has 1 aromatic heterocycles. The summed E-state index contributed by atoms with van der Waals surface area (Å²) in [5.74, 6) is 0.214. The maximum Gasteiger partial charge on any atom is 0.310 e. The second kappa shape index (κ2) is 6.90. The van der Waals surface area contributed by atoms with Crippen molar-refractivity contribution in [3.8, 4) is 5.95 Å². The van der Waals surface area contributed by atoms with Crippen LogP contribution in [-0.4, -0.2) is 11.1 Å². The lowest BCUT2D eigenvalue weighted by Gasteiger charge is -2.08. The standard InChI is InChI=1S/C15H15NO4S/c1-10-3-5-12(6-4-10)16-15(21)18-9-13-7-8-14(20-13)19-11(2)17/h3-8H,9H2,1-2H3,(H,16,21). The van der Waals surface area contributed by atoms with E-state index in [1.165, 1.54) is 12.5 Å². The van der Waals surface area contributed by atoms with Gasteiger partial charge in [0.15, 0.2) is 0 Å². The second-order valence-corrected chi connectivity index (χ2v) is 4.75. The zero-order valence-corrected chi connectivity index (χ0v) is 12.5. The fraction of sp³-hybridized carbons (Fsp3) is 0.200. The van der Waals surface area contributed by atoms with Crippen molar-refractivity contribution in [3.63, 3.8) is 0 Å². The fourth-order valence-corrected chi connectivity index (χ4v) is 1.74. The first kappa shape index (κ1) is 15.1. The van der Waals surface area contributed by atoms with Crippen LogP contribution in [0.15, 0.2) is 40.8 Å². The first-order valence-corrected chi connectivity index (χ1v) is 6.71. The Balaban J connectivity index is 1.82. The third-order valence-corrected chi connectivity index (χ3v) is 2.74. The van der Waals surface area contributed by atoms with Gasteiger partial charge in [0.2, 0.25) is 0 Å². The largest absolute Gasteiger partial charge is 0.463 e. The molecule has 6 heteroatoms. The van der Waals surface area contributed by atoms with E-state index in [0.717, 1.165) is 5.69 Å². The van der Waals surface area contributed by atoms with Gasteiger partial charge in [0, 0.05) is 18.7 Å². The molecule has 0 unspecified atom stereocenters. The molecule has 2 rings (SSSR count). The number of rotatable bonds is 4. The zero-order valence-electron chi connectivity index (χ0n) is 11.7. The van der Waals surface area contributed by atoms with Crippen LogP contribution in [-0.2, 0) is 16.1 Å². The van der Waals surface area contributed by atoms with Crippen LogP contribution in [0.25, 0.3) is 0 Å². The quantitative estimate of drug-likeness (QED) is 0.690. The number of aryl methyl sites for hydroxylation is 1. The summed E-state index contributed by atoms with van der Waals surface area (Å²) in [4.78, 5) is 10.8. The van der Waals surface area contributed by atoms with Crippen LogP contribution >= 0.6 is 12.2 Å². The predicted molar refractivity (Wildman–Crippen MR) is 82.2 cm³/mol. The highest BCUT2D eigenvalue weighted by Gasteiger charge is 2.07. The maximum absolute atomic E-state index is 10.8. The predicted octanol–water partition coefficient (Wildman–Crippen LogP) is 3.43. The topological polar surface area (TPSA) is 60.7 Å². The molecular weight excluding hydrogens is 290 g/mol. The van der Waals surface area contributed by atoms with E-state index in [1.807, 2.05) is 31.2 Å². The van der Waals surface area contributed by atoms with Crippen molar-refractivity contribution < 1.29 is 18.7 Å². The summed E-state index contributed by atoms with van der Waals surface area (Å²) < 4.78 is 15.4. The van der Waals surface area contributed by atoms with E-state index < -0.39 is 5.97 Å². The minimum absolute atomic E-state index is 0.138. The minimum Gasteiger partial charge on any atom is -0.463 e. The van der Waals surface area contributed by atoms with Crippen molar-refractivity contribution >= 4 is 29.0 Å². The molecule has 0 radical (unpaired) electrons. The maximum atomic E-state index is 10.8. The van der Waals surface area contributed by atoms with Crippen molar-refractivity contribution in [2.24, 2.45) is 0 Å². The van der Waals surface area contributed by atoms with Gasteiger partial charge in [-0.3, -0.25) is 4.79 Å². The Bertz CT molecular complexity index is 633. The van der Waals surface area contributed by atoms with Crippen molar-refractivity contribution in [3.05, 3.63) is 47.7 Å². The van der Waals surface area contributed by atoms with E-state index in [4.69, 9.17) is 26.1 Å². The summed E-state index contributed by atoms with van der Waals surface area (Å²) in [5.41, 5.74) is 2.02. The molecule has 1 aromatic carbocycles. The monoisotopic (exact) mass is 305 g/mol. The molecule has 110 valence electrons. The number of carbonyl (C=O) groups is 1. The Kier molecular flexibility index (Phi) is 4.94. The number of hydrogen-bond donors (Lipinski definition) is 1. The van der Waals surface area contributed by atoms with Crippen LogP contribution in [0, 0.1) is 6.92 Å². The molecule has 0 saturated carbocycles. The van der Waals surface area contributed by atoms with Crippen molar-refractivity contribution in [1.29, 1.82) is 0 Å². The van der Waals surface area contributed by atoms with Gasteiger partial charge in [-0.25, -0.2) is 0 Å². The second-order valence-electron chi connectivity index (χ2n) is 4.38. The normalized spacial score (nSPS) is 10.0. The fourth-order valence-electron chi connectivity index (χ4n) is 1.56. The third-order valence-electron chi connectivity index (χ3n) is 2.52. The molecule has 0 amide bonds. The van der Waals surface area contributed by atoms with E-state index in [0.29, 0.717) is 5.76 Å². The van der Waals surface area contributed by atoms with Gasteiger partial charge < -0.3 is 19.2 Å². The Morgan fingerprint density at radius 3 is 2.62 bits per heavy atom. The van der Waals surface area contributed by atoms with Gasteiger partial charge in [0.25, 0.3) is 11.1 Å². The van der Waals surface area contributed by atoms with Gasteiger partial charge in [-0.2, -0.15) is 0 Å². The molecule has 0 spiro atoms. The number of furan rings is 1. The van der Waals surface area contributed by atoms with Crippen LogP contribution in [0.1, 0.15) is 18.2 Å². The number of carbonyl (C=O) groups excluding carboxylic acids is 1. The smallest absolute Gasteiger partial charge is 0.310 e. The Labute approximate surface area is 127 Å². The molecule has 0 fully saturated rings. The lowest BCUT2D eigenvalue weighted by Crippen LogP contribution is -2.12. The molecule has 0 aliphatic carbocycles. The van der Waals surface area contributed by atoms with E-state index in [9.17, 15) is 4.79 Å². The molecule has 0 saturated heterocycles. The molecule has 0 aliphatic heterocycles. The summed E-state index contributed by atoms with van der Waals surface area (Å²) in [6.45, 7) is 3.47. The summed E-state index contributed by atoms with van der Waals surface area (Å²) in [5, 5.41) is 3.20. The number of thiocarbonyl (C=S) groups is 1. The Morgan fingerprint density at radius 1 is 1.24 bits per heavy atom. The number of ether oxygens (including phenoxy) is 2. The highest BCUT2D eigenvalue weighted by atomic mass is 32.1. The molecule has 5 nitrogen and oxygen atoms in total. The van der Waals surface area contributed by atoms with Crippen molar-refractivity contribution in [1.82, 2.24) is 0 Å². The lowest BCUT2D eigenvalue weighted by atomic mass is 10.2. The summed E-state index contributed by atoms with van der Waals surface area (Å²) >= 11 is 5.08. The molecule has 0 aliphatic rings. The molecule has 2 aromatic rings. The first-order valence-electron chi connectivity index (χ1n) is 6.30. The zero-order chi connectivity index (χ0) is 15.2. The highest BCUT2D eigenvalue weighted by molar-refractivity contribution is 7.80. The van der Waals surface area contributed by atoms with Gasteiger partial charge in [0.1, 0.15) is 12.4 Å². The van der Waals surface area contributed by atoms with Crippen LogP contribution in [0.2, 0.25) is 0 Å². The average molecular weight is 305 g/mol. The summed E-state index contributed by atoms with van der Waals surface area (Å²) in [7, 11) is 0. The number of esters is 1. The lowest BCUT2D eigenvalue weighted by molar-refractivity contribution is -0.133. The van der Waals surface area contributed by atoms with Gasteiger partial charge in [-0.1, -0.05) is 17.7 Å². The first-order chi connectivity index (χ1) is 10.0. The van der Waals surface area contributed by atoms with Gasteiger partial charge in [-0.15, -0.1) is 0 Å². The van der Waals surface area contributed by atoms with E-state index >= 15 is 0 Å². The minimum atomic E-state index is -0.437. The average Bonchev–Trinajstić information content (AvgIpc) is 2.86. The van der Waals surface area contributed by atoms with Crippen LogP contribution in [0.3, 0.4) is 0 Å². The van der Waals surface area contributed by atoms with Crippen molar-refractivity contribution in [2.75, 3.05) is 5.32 Å². The third kappa shape index (κ3) is 4.92. The molecular formula is C15H15NO4S. The van der Waals surface area contributed by atoms with Crippen LogP contribution in [0.5, 0.6) is 5.95 Å². The highest BCUT2D eigenvalue weighted by Crippen LogP contribution is 2.17. The van der Waals surface area contributed by atoms with Crippen LogP contribution < -0.4 is 10.1 Å². The number of nitrogens with one attached hydrogen (secondary N) is 1. The van der Waals surface area contributed by atoms with Gasteiger partial charge in [-0.05, 0) is 37.3 Å². The van der Waals surface area contributed by atoms with Crippen molar-refractivity contribution in [2.45, 2.75) is 20.5 Å². The molecule has 0 atom stereocenters. The molecule has 1 heterocycles. The number of benzene rings is 1. The summed E-state index contributed by atoms with van der Waals surface area (Å²) in [6, 6.07) is 11.0. The van der Waals surface area contributed by atoms with E-state index in [-0.39, 0.29) is 17.7 Å². The summed E-state index contributed by atoms with van der Waals surface area (Å²) in [6.07, 6.45) is 0. The molecule has 1 N–H and O–H groups in total. The molecule has 21 heavy (non-hydrogen) atoms. The number of anilines is 1. The Hall–Kier alpha value is -2.34. The SMILES string of the molecule is CC(=O)Oc1ccc(COC(=S)Nc2ccc(C)cc2)o1. The molecule has 0 bridgehead atoms. The van der Waals surface area contributed by atoms with E-state index in [2.05, 4.69) is 5.32 Å². The van der Waals surface area contributed by atoms with Crippen LogP contribution in [0.4, 0.5) is 5.69 Å².